The molecule has 1 aromatic heterocycles. The highest BCUT2D eigenvalue weighted by Gasteiger charge is 2.12. The van der Waals surface area contributed by atoms with Crippen molar-refractivity contribution in [2.45, 2.75) is 0 Å². The summed E-state index contributed by atoms with van der Waals surface area (Å²) in [5.41, 5.74) is 1.22. The van der Waals surface area contributed by atoms with Gasteiger partial charge in [0.25, 0.3) is 5.91 Å². The number of hydrogen-bond donors (Lipinski definition) is 2. The maximum Gasteiger partial charge on any atom is 0.266 e. The van der Waals surface area contributed by atoms with Crippen LogP contribution in [0.1, 0.15) is 5.69 Å². The van der Waals surface area contributed by atoms with Crippen molar-refractivity contribution < 1.29 is 9.53 Å². The van der Waals surface area contributed by atoms with Gasteiger partial charge in [-0.3, -0.25) is 4.79 Å². The van der Waals surface area contributed by atoms with Gasteiger partial charge in [-0.2, -0.15) is 5.26 Å². The average molecular weight is 267 g/mol. The second kappa shape index (κ2) is 6.25. The molecule has 5 heteroatoms. The molecule has 1 heterocycles. The Morgan fingerprint density at radius 1 is 1.35 bits per heavy atom. The number of para-hydroxylation sites is 2. The number of hydrogen-bond acceptors (Lipinski definition) is 3. The molecular formula is C15H13N3O2. The Balaban J connectivity index is 2.21. The van der Waals surface area contributed by atoms with Gasteiger partial charge in [0.2, 0.25) is 0 Å². The van der Waals surface area contributed by atoms with Crippen LogP contribution in [0.5, 0.6) is 5.75 Å². The minimum atomic E-state index is -0.480. The Morgan fingerprint density at radius 3 is 2.80 bits per heavy atom. The molecule has 2 N–H and O–H groups in total. The van der Waals surface area contributed by atoms with Gasteiger partial charge in [0.1, 0.15) is 17.4 Å². The Kier molecular flexibility index (Phi) is 4.20. The third kappa shape index (κ3) is 3.06. The zero-order chi connectivity index (χ0) is 14.4. The summed E-state index contributed by atoms with van der Waals surface area (Å²) in [6.07, 6.45) is 3.21. The lowest BCUT2D eigenvalue weighted by Crippen LogP contribution is -2.14. The van der Waals surface area contributed by atoms with Gasteiger partial charge in [-0.1, -0.05) is 12.1 Å². The molecule has 5 nitrogen and oxygen atoms in total. The van der Waals surface area contributed by atoms with E-state index < -0.39 is 5.91 Å². The van der Waals surface area contributed by atoms with Crippen LogP contribution in [0.2, 0.25) is 0 Å². The predicted molar refractivity (Wildman–Crippen MR) is 76.0 cm³/mol. The maximum atomic E-state index is 12.1. The fraction of sp³-hybridized carbons (Fsp3) is 0.0667. The van der Waals surface area contributed by atoms with E-state index in [4.69, 9.17) is 10.00 Å². The van der Waals surface area contributed by atoms with Crippen LogP contribution in [0, 0.1) is 11.3 Å². The van der Waals surface area contributed by atoms with Crippen molar-refractivity contribution in [1.29, 1.82) is 5.26 Å². The molecule has 0 aliphatic carbocycles. The third-order valence-corrected chi connectivity index (χ3v) is 2.64. The predicted octanol–water partition coefficient (Wildman–Crippen LogP) is 2.57. The van der Waals surface area contributed by atoms with Crippen LogP contribution in [0.4, 0.5) is 5.69 Å². The minimum Gasteiger partial charge on any atom is -0.495 e. The number of aromatic nitrogens is 1. The van der Waals surface area contributed by atoms with E-state index in [0.717, 1.165) is 0 Å². The number of anilines is 1. The summed E-state index contributed by atoms with van der Waals surface area (Å²) in [5, 5.41) is 11.7. The molecule has 2 aromatic rings. The van der Waals surface area contributed by atoms with Crippen LogP contribution in [0.15, 0.2) is 48.2 Å². The summed E-state index contributed by atoms with van der Waals surface area (Å²) in [7, 11) is 1.52. The van der Waals surface area contributed by atoms with Crippen LogP contribution in [0.3, 0.4) is 0 Å². The van der Waals surface area contributed by atoms with E-state index in [9.17, 15) is 4.79 Å². The molecule has 0 radical (unpaired) electrons. The first-order valence-corrected chi connectivity index (χ1v) is 5.94. The van der Waals surface area contributed by atoms with E-state index in [1.807, 2.05) is 6.07 Å². The summed E-state index contributed by atoms with van der Waals surface area (Å²) in [5.74, 6) is 0.0598. The maximum absolute atomic E-state index is 12.1. The number of carbonyl (C=O) groups is 1. The third-order valence-electron chi connectivity index (χ3n) is 2.64. The Bertz CT molecular complexity index is 667. The van der Waals surface area contributed by atoms with Crippen molar-refractivity contribution >= 4 is 17.7 Å². The number of nitrogens with one attached hydrogen (secondary N) is 2. The molecule has 0 fully saturated rings. The van der Waals surface area contributed by atoms with Gasteiger partial charge in [-0.15, -0.1) is 0 Å². The van der Waals surface area contributed by atoms with Gasteiger partial charge in [-0.05, 0) is 30.3 Å². The summed E-state index contributed by atoms with van der Waals surface area (Å²) in [6.45, 7) is 0. The van der Waals surface area contributed by atoms with Gasteiger partial charge >= 0.3 is 0 Å². The highest BCUT2D eigenvalue weighted by molar-refractivity contribution is 6.10. The average Bonchev–Trinajstić information content (AvgIpc) is 2.98. The van der Waals surface area contributed by atoms with Gasteiger partial charge in [0, 0.05) is 11.9 Å². The fourth-order valence-corrected chi connectivity index (χ4v) is 1.68. The zero-order valence-electron chi connectivity index (χ0n) is 10.9. The van der Waals surface area contributed by atoms with E-state index in [1.165, 1.54) is 13.2 Å². The topological polar surface area (TPSA) is 77.9 Å². The Hall–Kier alpha value is -3.00. The number of nitrogens with zero attached hydrogens (tertiary/aromatic N) is 1. The van der Waals surface area contributed by atoms with Crippen LogP contribution in [-0.2, 0) is 4.79 Å². The SMILES string of the molecule is COc1ccccc1NC(=O)/C(C#N)=C/c1ccc[nH]1. The lowest BCUT2D eigenvalue weighted by Gasteiger charge is -2.08. The monoisotopic (exact) mass is 267 g/mol. The number of carbonyl (C=O) groups excluding carboxylic acids is 1. The standard InChI is InChI=1S/C15H13N3O2/c1-20-14-7-3-2-6-13(14)18-15(19)11(10-16)9-12-5-4-8-17-12/h2-9,17H,1H3,(H,18,19)/b11-9+. The molecule has 0 spiro atoms. The van der Waals surface area contributed by atoms with Gasteiger partial charge in [0.05, 0.1) is 12.8 Å². The lowest BCUT2D eigenvalue weighted by molar-refractivity contribution is -0.112. The quantitative estimate of drug-likeness (QED) is 0.660. The van der Waals surface area contributed by atoms with E-state index in [-0.39, 0.29) is 5.57 Å². The highest BCUT2D eigenvalue weighted by atomic mass is 16.5. The zero-order valence-corrected chi connectivity index (χ0v) is 10.9. The second-order valence-electron chi connectivity index (χ2n) is 3.95. The first-order valence-electron chi connectivity index (χ1n) is 5.94. The molecule has 0 atom stereocenters. The highest BCUT2D eigenvalue weighted by Crippen LogP contribution is 2.23. The van der Waals surface area contributed by atoms with Crippen molar-refractivity contribution in [2.24, 2.45) is 0 Å². The van der Waals surface area contributed by atoms with E-state index in [2.05, 4.69) is 10.3 Å². The number of benzene rings is 1. The van der Waals surface area contributed by atoms with Crippen molar-refractivity contribution in [3.8, 4) is 11.8 Å². The molecular weight excluding hydrogens is 254 g/mol. The fourth-order valence-electron chi connectivity index (χ4n) is 1.68. The van der Waals surface area contributed by atoms with Crippen molar-refractivity contribution in [3.05, 3.63) is 53.9 Å². The molecule has 1 aromatic carbocycles. The number of methoxy groups -OCH3 is 1. The second-order valence-corrected chi connectivity index (χ2v) is 3.95. The molecule has 0 saturated heterocycles. The normalized spacial score (nSPS) is 10.7. The van der Waals surface area contributed by atoms with Crippen LogP contribution >= 0.6 is 0 Å². The molecule has 0 bridgehead atoms. The molecule has 100 valence electrons. The van der Waals surface area contributed by atoms with Crippen LogP contribution < -0.4 is 10.1 Å². The first kappa shape index (κ1) is 13.4. The molecule has 0 saturated carbocycles. The Morgan fingerprint density at radius 2 is 2.15 bits per heavy atom. The summed E-state index contributed by atoms with van der Waals surface area (Å²) >= 11 is 0. The van der Waals surface area contributed by atoms with E-state index in [1.54, 1.807) is 42.6 Å². The van der Waals surface area contributed by atoms with Gasteiger partial charge in [0.15, 0.2) is 0 Å². The number of ether oxygens (including phenoxy) is 1. The molecule has 2 rings (SSSR count). The van der Waals surface area contributed by atoms with E-state index in [0.29, 0.717) is 17.1 Å². The number of nitriles is 1. The summed E-state index contributed by atoms with van der Waals surface area (Å²) in [6, 6.07) is 12.5. The smallest absolute Gasteiger partial charge is 0.266 e. The Labute approximate surface area is 116 Å². The first-order chi connectivity index (χ1) is 9.74. The van der Waals surface area contributed by atoms with Crippen LogP contribution in [-0.4, -0.2) is 18.0 Å². The number of aromatic amines is 1. The van der Waals surface area contributed by atoms with Gasteiger partial charge in [-0.25, -0.2) is 0 Å². The number of rotatable bonds is 4. The van der Waals surface area contributed by atoms with Crippen LogP contribution in [0.25, 0.3) is 6.08 Å². The van der Waals surface area contributed by atoms with Gasteiger partial charge < -0.3 is 15.0 Å². The lowest BCUT2D eigenvalue weighted by atomic mass is 10.2. The number of amides is 1. The largest absolute Gasteiger partial charge is 0.495 e. The van der Waals surface area contributed by atoms with E-state index >= 15 is 0 Å². The molecule has 20 heavy (non-hydrogen) atoms. The molecule has 0 unspecified atom stereocenters. The number of H-pyrrole nitrogens is 1. The van der Waals surface area contributed by atoms with Crippen molar-refractivity contribution in [2.75, 3.05) is 12.4 Å². The molecule has 1 amide bonds. The molecule has 0 aliphatic heterocycles. The van der Waals surface area contributed by atoms with Crippen molar-refractivity contribution in [1.82, 2.24) is 4.98 Å². The molecule has 0 aliphatic rings. The summed E-state index contributed by atoms with van der Waals surface area (Å²) in [4.78, 5) is 15.0. The summed E-state index contributed by atoms with van der Waals surface area (Å²) < 4.78 is 5.14. The minimum absolute atomic E-state index is 0.0124. The van der Waals surface area contributed by atoms with Crippen molar-refractivity contribution in [3.63, 3.8) is 0 Å².